The number of piperidine rings is 1. The third-order valence-electron chi connectivity index (χ3n) is 4.13. The van der Waals surface area contributed by atoms with Crippen LogP contribution in [0, 0.1) is 5.92 Å². The van der Waals surface area contributed by atoms with Crippen LogP contribution in [-0.4, -0.2) is 42.9 Å². The number of Topliss-reactive ketones (excluding diaryl/α,β-unsaturated/α-hetero) is 1. The zero-order valence-electron chi connectivity index (χ0n) is 13.4. The molecule has 1 fully saturated rings. The highest BCUT2D eigenvalue weighted by atomic mass is 16.2. The highest BCUT2D eigenvalue weighted by Crippen LogP contribution is 2.15. The molecule has 1 aromatic rings. The van der Waals surface area contributed by atoms with Gasteiger partial charge in [0, 0.05) is 24.3 Å². The molecule has 0 spiro atoms. The van der Waals surface area contributed by atoms with Crippen LogP contribution in [0.2, 0.25) is 0 Å². The number of hydrogen-bond donors (Lipinski definition) is 2. The number of hydrogen-bond acceptors (Lipinski definition) is 3. The fourth-order valence-electron chi connectivity index (χ4n) is 2.83. The van der Waals surface area contributed by atoms with Gasteiger partial charge in [0.15, 0.2) is 5.78 Å². The molecule has 5 nitrogen and oxygen atoms in total. The Kier molecular flexibility index (Phi) is 5.95. The Morgan fingerprint density at radius 1 is 1.36 bits per heavy atom. The molecule has 0 aliphatic carbocycles. The summed E-state index contributed by atoms with van der Waals surface area (Å²) in [4.78, 5) is 25.7. The van der Waals surface area contributed by atoms with E-state index in [0.717, 1.165) is 26.1 Å². The second kappa shape index (κ2) is 7.94. The van der Waals surface area contributed by atoms with Crippen molar-refractivity contribution in [1.29, 1.82) is 0 Å². The van der Waals surface area contributed by atoms with E-state index in [1.54, 1.807) is 24.3 Å². The lowest BCUT2D eigenvalue weighted by atomic mass is 9.98. The molecule has 2 amide bonds. The van der Waals surface area contributed by atoms with Gasteiger partial charge in [0.2, 0.25) is 0 Å². The molecule has 0 radical (unpaired) electrons. The Hall–Kier alpha value is -1.88. The standard InChI is InChI=1S/C17H25N3O2/c1-3-20-9-5-6-14(12-20)11-18-17(22)19-16-8-4-7-15(10-16)13(2)21/h4,7-8,10,14H,3,5-6,9,11-12H2,1-2H3,(H2,18,19,22)/t14-/m0/s1. The highest BCUT2D eigenvalue weighted by molar-refractivity contribution is 5.96. The van der Waals surface area contributed by atoms with E-state index in [1.165, 1.54) is 13.3 Å². The summed E-state index contributed by atoms with van der Waals surface area (Å²) < 4.78 is 0. The number of rotatable bonds is 5. The molecule has 0 aromatic heterocycles. The van der Waals surface area contributed by atoms with Crippen LogP contribution in [0.4, 0.5) is 10.5 Å². The van der Waals surface area contributed by atoms with Crippen molar-refractivity contribution in [2.75, 3.05) is 31.5 Å². The molecule has 1 aliphatic heterocycles. The number of likely N-dealkylation sites (tertiary alicyclic amines) is 1. The largest absolute Gasteiger partial charge is 0.338 e. The molecule has 5 heteroatoms. The van der Waals surface area contributed by atoms with Gasteiger partial charge < -0.3 is 15.5 Å². The third-order valence-corrected chi connectivity index (χ3v) is 4.13. The van der Waals surface area contributed by atoms with Gasteiger partial charge in [0.05, 0.1) is 0 Å². The highest BCUT2D eigenvalue weighted by Gasteiger charge is 2.19. The Morgan fingerprint density at radius 2 is 2.18 bits per heavy atom. The summed E-state index contributed by atoms with van der Waals surface area (Å²) in [5.41, 5.74) is 1.24. The van der Waals surface area contributed by atoms with Crippen LogP contribution in [0.3, 0.4) is 0 Å². The van der Waals surface area contributed by atoms with E-state index < -0.39 is 0 Å². The summed E-state index contributed by atoms with van der Waals surface area (Å²) in [6.07, 6.45) is 2.36. The van der Waals surface area contributed by atoms with Gasteiger partial charge in [-0.3, -0.25) is 4.79 Å². The molecule has 120 valence electrons. The van der Waals surface area contributed by atoms with E-state index >= 15 is 0 Å². The predicted molar refractivity (Wildman–Crippen MR) is 88.3 cm³/mol. The van der Waals surface area contributed by atoms with Gasteiger partial charge in [-0.2, -0.15) is 0 Å². The Labute approximate surface area is 132 Å². The van der Waals surface area contributed by atoms with Crippen LogP contribution in [-0.2, 0) is 0 Å². The molecule has 1 saturated heterocycles. The van der Waals surface area contributed by atoms with Crippen molar-refractivity contribution in [1.82, 2.24) is 10.2 Å². The van der Waals surface area contributed by atoms with Gasteiger partial charge in [0.25, 0.3) is 0 Å². The number of nitrogens with one attached hydrogen (secondary N) is 2. The molecule has 0 bridgehead atoms. The second-order valence-electron chi connectivity index (χ2n) is 5.87. The number of anilines is 1. The van der Waals surface area contributed by atoms with Crippen LogP contribution >= 0.6 is 0 Å². The first-order valence-corrected chi connectivity index (χ1v) is 7.96. The monoisotopic (exact) mass is 303 g/mol. The van der Waals surface area contributed by atoms with Crippen molar-refractivity contribution in [3.05, 3.63) is 29.8 Å². The van der Waals surface area contributed by atoms with E-state index in [1.807, 2.05) is 0 Å². The Morgan fingerprint density at radius 3 is 2.91 bits per heavy atom. The molecule has 2 rings (SSSR count). The van der Waals surface area contributed by atoms with Gasteiger partial charge in [-0.15, -0.1) is 0 Å². The van der Waals surface area contributed by atoms with Gasteiger partial charge in [-0.1, -0.05) is 19.1 Å². The van der Waals surface area contributed by atoms with E-state index in [9.17, 15) is 9.59 Å². The number of urea groups is 1. The number of ketones is 1. The summed E-state index contributed by atoms with van der Waals surface area (Å²) in [6.45, 7) is 7.66. The number of nitrogens with zero attached hydrogens (tertiary/aromatic N) is 1. The minimum Gasteiger partial charge on any atom is -0.338 e. The van der Waals surface area contributed by atoms with Crippen molar-refractivity contribution in [3.63, 3.8) is 0 Å². The summed E-state index contributed by atoms with van der Waals surface area (Å²) in [6, 6.07) is 6.78. The Bertz CT molecular complexity index is 530. The molecular formula is C17H25N3O2. The van der Waals surface area contributed by atoms with E-state index in [0.29, 0.717) is 23.7 Å². The molecule has 1 aromatic carbocycles. The summed E-state index contributed by atoms with van der Waals surface area (Å²) in [5, 5.41) is 5.72. The van der Waals surface area contributed by atoms with Gasteiger partial charge in [-0.05, 0) is 50.9 Å². The molecule has 1 heterocycles. The maximum atomic E-state index is 12.0. The van der Waals surface area contributed by atoms with Crippen molar-refractivity contribution in [2.45, 2.75) is 26.7 Å². The molecule has 22 heavy (non-hydrogen) atoms. The van der Waals surface area contributed by atoms with Gasteiger partial charge >= 0.3 is 6.03 Å². The lowest BCUT2D eigenvalue weighted by Gasteiger charge is -2.31. The maximum Gasteiger partial charge on any atom is 0.319 e. The molecule has 0 unspecified atom stereocenters. The minimum absolute atomic E-state index is 0.00841. The Balaban J connectivity index is 1.80. The molecule has 2 N–H and O–H groups in total. The van der Waals surface area contributed by atoms with Crippen molar-refractivity contribution in [3.8, 4) is 0 Å². The van der Waals surface area contributed by atoms with Crippen LogP contribution in [0.5, 0.6) is 0 Å². The number of carbonyl (C=O) groups is 2. The van der Waals surface area contributed by atoms with E-state index in [4.69, 9.17) is 0 Å². The lowest BCUT2D eigenvalue weighted by molar-refractivity contribution is 0.101. The second-order valence-corrected chi connectivity index (χ2v) is 5.87. The van der Waals surface area contributed by atoms with Crippen LogP contribution in [0.1, 0.15) is 37.0 Å². The SMILES string of the molecule is CCN1CCC[C@@H](CNC(=O)Nc2cccc(C(C)=O)c2)C1. The molecule has 1 aliphatic rings. The number of amides is 2. The average Bonchev–Trinajstić information content (AvgIpc) is 2.53. The third kappa shape index (κ3) is 4.84. The van der Waals surface area contributed by atoms with E-state index in [-0.39, 0.29) is 11.8 Å². The van der Waals surface area contributed by atoms with Crippen molar-refractivity contribution in [2.24, 2.45) is 5.92 Å². The van der Waals surface area contributed by atoms with Crippen molar-refractivity contribution < 1.29 is 9.59 Å². The fourth-order valence-corrected chi connectivity index (χ4v) is 2.83. The average molecular weight is 303 g/mol. The normalized spacial score (nSPS) is 18.7. The maximum absolute atomic E-state index is 12.0. The fraction of sp³-hybridized carbons (Fsp3) is 0.529. The first kappa shape index (κ1) is 16.5. The van der Waals surface area contributed by atoms with Gasteiger partial charge in [-0.25, -0.2) is 4.79 Å². The van der Waals surface area contributed by atoms with E-state index in [2.05, 4.69) is 22.5 Å². The predicted octanol–water partition coefficient (Wildman–Crippen LogP) is 2.74. The summed E-state index contributed by atoms with van der Waals surface area (Å²) >= 11 is 0. The minimum atomic E-state index is -0.214. The van der Waals surface area contributed by atoms with Gasteiger partial charge in [0.1, 0.15) is 0 Å². The first-order chi connectivity index (χ1) is 10.6. The quantitative estimate of drug-likeness (QED) is 0.822. The van der Waals surface area contributed by atoms with Crippen LogP contribution in [0.15, 0.2) is 24.3 Å². The summed E-state index contributed by atoms with van der Waals surface area (Å²) in [5.74, 6) is 0.508. The van der Waals surface area contributed by atoms with Crippen LogP contribution in [0.25, 0.3) is 0 Å². The smallest absolute Gasteiger partial charge is 0.319 e. The molecular weight excluding hydrogens is 278 g/mol. The zero-order chi connectivity index (χ0) is 15.9. The lowest BCUT2D eigenvalue weighted by Crippen LogP contribution is -2.41. The first-order valence-electron chi connectivity index (χ1n) is 7.96. The number of carbonyl (C=O) groups excluding carboxylic acids is 2. The topological polar surface area (TPSA) is 61.4 Å². The summed E-state index contributed by atoms with van der Waals surface area (Å²) in [7, 11) is 0. The zero-order valence-corrected chi connectivity index (χ0v) is 13.4. The van der Waals surface area contributed by atoms with Crippen molar-refractivity contribution >= 4 is 17.5 Å². The molecule has 0 saturated carbocycles. The number of benzene rings is 1. The molecule has 1 atom stereocenters. The van der Waals surface area contributed by atoms with Crippen LogP contribution < -0.4 is 10.6 Å².